The lowest BCUT2D eigenvalue weighted by Crippen LogP contribution is -2.49. The van der Waals surface area contributed by atoms with E-state index in [1.165, 1.54) is 25.3 Å². The second-order valence-corrected chi connectivity index (χ2v) is 8.50. The van der Waals surface area contributed by atoms with E-state index >= 15 is 0 Å². The minimum Gasteiger partial charge on any atom is -0.353 e. The van der Waals surface area contributed by atoms with E-state index in [2.05, 4.69) is 40.5 Å². The van der Waals surface area contributed by atoms with Gasteiger partial charge in [-0.3, -0.25) is 14.5 Å². The highest BCUT2D eigenvalue weighted by Gasteiger charge is 2.36. The molecule has 1 N–H and O–H groups in total. The zero-order chi connectivity index (χ0) is 20.9. The van der Waals surface area contributed by atoms with Gasteiger partial charge in [0, 0.05) is 32.1 Å². The summed E-state index contributed by atoms with van der Waals surface area (Å²) in [6, 6.07) is 18.1. The number of nitrogens with zero attached hydrogens (tertiary/aromatic N) is 2. The van der Waals surface area contributed by atoms with Gasteiger partial charge in [0.2, 0.25) is 11.8 Å². The van der Waals surface area contributed by atoms with E-state index in [0.717, 1.165) is 43.2 Å². The second-order valence-electron chi connectivity index (χ2n) is 8.50. The van der Waals surface area contributed by atoms with Gasteiger partial charge in [0.15, 0.2) is 0 Å². The van der Waals surface area contributed by atoms with Gasteiger partial charge in [-0.05, 0) is 55.5 Å². The fourth-order valence-electron chi connectivity index (χ4n) is 4.80. The van der Waals surface area contributed by atoms with E-state index in [1.807, 2.05) is 24.3 Å². The molecule has 2 aromatic rings. The monoisotopic (exact) mass is 405 g/mol. The number of likely N-dealkylation sites (tertiary alicyclic amines) is 1. The Bertz CT molecular complexity index is 875. The molecule has 1 unspecified atom stereocenters. The molecule has 0 spiro atoms. The van der Waals surface area contributed by atoms with Crippen LogP contribution in [-0.4, -0.2) is 48.9 Å². The minimum atomic E-state index is -0.434. The molecule has 0 bridgehead atoms. The lowest BCUT2D eigenvalue weighted by Gasteiger charge is -2.32. The number of carbonyl (C=O) groups excluding carboxylic acids is 2. The molecule has 1 atom stereocenters. The number of carbonyl (C=O) groups is 2. The molecule has 1 fully saturated rings. The lowest BCUT2D eigenvalue weighted by molar-refractivity contribution is -0.125. The summed E-state index contributed by atoms with van der Waals surface area (Å²) in [5.74, 6) is 0.611. The maximum atomic E-state index is 12.8. The van der Waals surface area contributed by atoms with Crippen LogP contribution < -0.4 is 10.2 Å². The Kier molecular flexibility index (Phi) is 6.48. The van der Waals surface area contributed by atoms with E-state index in [1.54, 1.807) is 4.90 Å². The molecule has 5 heteroatoms. The van der Waals surface area contributed by atoms with Crippen LogP contribution in [0, 0.1) is 5.92 Å². The van der Waals surface area contributed by atoms with Gasteiger partial charge >= 0.3 is 0 Å². The van der Waals surface area contributed by atoms with E-state index in [-0.39, 0.29) is 11.8 Å². The van der Waals surface area contributed by atoms with Crippen molar-refractivity contribution in [1.82, 2.24) is 10.2 Å². The summed E-state index contributed by atoms with van der Waals surface area (Å²) in [4.78, 5) is 29.0. The zero-order valence-corrected chi connectivity index (χ0v) is 17.7. The predicted octanol–water partition coefficient (Wildman–Crippen LogP) is 3.04. The van der Waals surface area contributed by atoms with Crippen LogP contribution in [0.25, 0.3) is 0 Å². The average Bonchev–Trinajstić information content (AvgIpc) is 3.16. The highest BCUT2D eigenvalue weighted by atomic mass is 16.2. The smallest absolute Gasteiger partial charge is 0.243 e. The molecule has 0 radical (unpaired) electrons. The Morgan fingerprint density at radius 3 is 2.43 bits per heavy atom. The van der Waals surface area contributed by atoms with Gasteiger partial charge in [-0.25, -0.2) is 0 Å². The number of hydrogen-bond acceptors (Lipinski definition) is 3. The number of piperidine rings is 1. The van der Waals surface area contributed by atoms with Crippen LogP contribution in [0.4, 0.5) is 5.69 Å². The molecule has 0 aliphatic carbocycles. The normalized spacial score (nSPS) is 19.5. The van der Waals surface area contributed by atoms with Crippen molar-refractivity contribution in [3.63, 3.8) is 0 Å². The molecule has 158 valence electrons. The number of para-hydroxylation sites is 1. The van der Waals surface area contributed by atoms with Crippen molar-refractivity contribution in [1.29, 1.82) is 0 Å². The number of fused-ring (bicyclic) bond motifs is 1. The molecule has 4 rings (SSSR count). The first kappa shape index (κ1) is 20.6. The SMILES string of the molecule is CC(=O)N1c2ccccc2CC1C(=O)NCCN1CCC(Cc2ccccc2)CC1. The van der Waals surface area contributed by atoms with Crippen molar-refractivity contribution >= 4 is 17.5 Å². The molecular formula is C25H31N3O2. The van der Waals surface area contributed by atoms with E-state index in [9.17, 15) is 9.59 Å². The molecule has 2 amide bonds. The first-order valence-corrected chi connectivity index (χ1v) is 11.0. The Morgan fingerprint density at radius 1 is 1.00 bits per heavy atom. The van der Waals surface area contributed by atoms with Gasteiger partial charge < -0.3 is 10.2 Å². The first-order valence-electron chi connectivity index (χ1n) is 11.0. The van der Waals surface area contributed by atoms with Crippen molar-refractivity contribution in [3.8, 4) is 0 Å². The maximum Gasteiger partial charge on any atom is 0.243 e. The van der Waals surface area contributed by atoms with Gasteiger partial charge in [0.25, 0.3) is 0 Å². The van der Waals surface area contributed by atoms with Crippen molar-refractivity contribution in [2.75, 3.05) is 31.1 Å². The molecule has 2 heterocycles. The van der Waals surface area contributed by atoms with Gasteiger partial charge in [-0.15, -0.1) is 0 Å². The summed E-state index contributed by atoms with van der Waals surface area (Å²) in [6.07, 6.45) is 4.17. The molecule has 2 aliphatic rings. The molecule has 5 nitrogen and oxygen atoms in total. The predicted molar refractivity (Wildman–Crippen MR) is 119 cm³/mol. The van der Waals surface area contributed by atoms with Crippen LogP contribution in [0.2, 0.25) is 0 Å². The Hall–Kier alpha value is -2.66. The van der Waals surface area contributed by atoms with Crippen LogP contribution in [-0.2, 0) is 22.4 Å². The Labute approximate surface area is 179 Å². The quantitative estimate of drug-likeness (QED) is 0.804. The maximum absolute atomic E-state index is 12.8. The number of anilines is 1. The second kappa shape index (κ2) is 9.43. The van der Waals surface area contributed by atoms with Crippen LogP contribution >= 0.6 is 0 Å². The van der Waals surface area contributed by atoms with Crippen molar-refractivity contribution < 1.29 is 9.59 Å². The first-order chi connectivity index (χ1) is 14.6. The van der Waals surface area contributed by atoms with Crippen molar-refractivity contribution in [3.05, 3.63) is 65.7 Å². The summed E-state index contributed by atoms with van der Waals surface area (Å²) >= 11 is 0. The third kappa shape index (κ3) is 4.73. The summed E-state index contributed by atoms with van der Waals surface area (Å²) in [6.45, 7) is 5.19. The highest BCUT2D eigenvalue weighted by Crippen LogP contribution is 2.32. The number of nitrogens with one attached hydrogen (secondary N) is 1. The molecule has 2 aliphatic heterocycles. The lowest BCUT2D eigenvalue weighted by atomic mass is 9.90. The largest absolute Gasteiger partial charge is 0.353 e. The highest BCUT2D eigenvalue weighted by molar-refractivity contribution is 6.02. The fraction of sp³-hybridized carbons (Fsp3) is 0.440. The molecule has 1 saturated heterocycles. The van der Waals surface area contributed by atoms with Crippen LogP contribution in [0.5, 0.6) is 0 Å². The van der Waals surface area contributed by atoms with Gasteiger partial charge in [-0.2, -0.15) is 0 Å². The summed E-state index contributed by atoms with van der Waals surface area (Å²) < 4.78 is 0. The van der Waals surface area contributed by atoms with Crippen molar-refractivity contribution in [2.45, 2.75) is 38.6 Å². The number of rotatable bonds is 6. The molecule has 0 aromatic heterocycles. The van der Waals surface area contributed by atoms with E-state index in [0.29, 0.717) is 13.0 Å². The molecule has 0 saturated carbocycles. The number of benzene rings is 2. The topological polar surface area (TPSA) is 52.7 Å². The third-order valence-electron chi connectivity index (χ3n) is 6.42. The van der Waals surface area contributed by atoms with Crippen LogP contribution in [0.1, 0.15) is 30.9 Å². The van der Waals surface area contributed by atoms with Gasteiger partial charge in [-0.1, -0.05) is 48.5 Å². The number of amides is 2. The summed E-state index contributed by atoms with van der Waals surface area (Å²) in [5.41, 5.74) is 3.36. The van der Waals surface area contributed by atoms with E-state index in [4.69, 9.17) is 0 Å². The van der Waals surface area contributed by atoms with Crippen LogP contribution in [0.3, 0.4) is 0 Å². The summed E-state index contributed by atoms with van der Waals surface area (Å²) in [5, 5.41) is 3.07. The Morgan fingerprint density at radius 2 is 1.70 bits per heavy atom. The molecule has 2 aromatic carbocycles. The minimum absolute atomic E-state index is 0.0552. The van der Waals surface area contributed by atoms with E-state index < -0.39 is 6.04 Å². The Balaban J connectivity index is 1.21. The number of hydrogen-bond donors (Lipinski definition) is 1. The molecular weight excluding hydrogens is 374 g/mol. The van der Waals surface area contributed by atoms with Crippen LogP contribution in [0.15, 0.2) is 54.6 Å². The summed E-state index contributed by atoms with van der Waals surface area (Å²) in [7, 11) is 0. The zero-order valence-electron chi connectivity index (χ0n) is 17.7. The third-order valence-corrected chi connectivity index (χ3v) is 6.42. The average molecular weight is 406 g/mol. The van der Waals surface area contributed by atoms with Crippen molar-refractivity contribution in [2.24, 2.45) is 5.92 Å². The molecule has 30 heavy (non-hydrogen) atoms. The fourth-order valence-corrected chi connectivity index (χ4v) is 4.80. The van der Waals surface area contributed by atoms with Gasteiger partial charge in [0.05, 0.1) is 0 Å². The standard InChI is InChI=1S/C25H31N3O2/c1-19(29)28-23-10-6-5-9-22(23)18-24(28)25(30)26-13-16-27-14-11-21(12-15-27)17-20-7-3-2-4-8-20/h2-10,21,24H,11-18H2,1H3,(H,26,30). The van der Waals surface area contributed by atoms with Gasteiger partial charge in [0.1, 0.15) is 6.04 Å².